The van der Waals surface area contributed by atoms with E-state index in [4.69, 9.17) is 0 Å². The lowest BCUT2D eigenvalue weighted by molar-refractivity contribution is 0.794. The zero-order chi connectivity index (χ0) is 11.1. The van der Waals surface area contributed by atoms with Gasteiger partial charge in [-0.2, -0.15) is 0 Å². The number of aryl methyl sites for hydroxylation is 1. The highest BCUT2D eigenvalue weighted by Gasteiger charge is 2.03. The molecular formula is C14H21N. The number of hydrogen-bond acceptors (Lipinski definition) is 1. The largest absolute Gasteiger partial charge is 0.351 e. The molecule has 0 heterocycles. The Morgan fingerprint density at radius 1 is 1.27 bits per heavy atom. The minimum Gasteiger partial charge on any atom is -0.351 e. The van der Waals surface area contributed by atoms with Gasteiger partial charge in [0.2, 0.25) is 0 Å². The van der Waals surface area contributed by atoms with Gasteiger partial charge >= 0.3 is 0 Å². The fourth-order valence-corrected chi connectivity index (χ4v) is 1.74. The summed E-state index contributed by atoms with van der Waals surface area (Å²) in [6.45, 7) is 4.28. The van der Waals surface area contributed by atoms with Crippen LogP contribution in [0.1, 0.15) is 32.3 Å². The summed E-state index contributed by atoms with van der Waals surface area (Å²) in [6.07, 6.45) is 7.86. The Bertz CT molecular complexity index is 315. The van der Waals surface area contributed by atoms with Gasteiger partial charge in [0.15, 0.2) is 0 Å². The summed E-state index contributed by atoms with van der Waals surface area (Å²) < 4.78 is 0. The second-order valence-electron chi connectivity index (χ2n) is 3.83. The summed E-state index contributed by atoms with van der Waals surface area (Å²) in [5.74, 6) is 0. The van der Waals surface area contributed by atoms with Crippen molar-refractivity contribution >= 4 is 5.69 Å². The lowest BCUT2D eigenvalue weighted by Gasteiger charge is -2.18. The quantitative estimate of drug-likeness (QED) is 0.699. The molecule has 0 N–H and O–H groups in total. The van der Waals surface area contributed by atoms with E-state index in [1.54, 1.807) is 0 Å². The second-order valence-corrected chi connectivity index (χ2v) is 3.83. The molecular weight excluding hydrogens is 182 g/mol. The fourth-order valence-electron chi connectivity index (χ4n) is 1.74. The highest BCUT2D eigenvalue weighted by molar-refractivity contribution is 5.55. The number of allylic oxidation sites excluding steroid dienone is 1. The van der Waals surface area contributed by atoms with Gasteiger partial charge in [-0.25, -0.2) is 0 Å². The Morgan fingerprint density at radius 2 is 2.00 bits per heavy atom. The second kappa shape index (κ2) is 6.28. The summed E-state index contributed by atoms with van der Waals surface area (Å²) in [6, 6.07) is 8.64. The average Bonchev–Trinajstić information content (AvgIpc) is 2.27. The van der Waals surface area contributed by atoms with Gasteiger partial charge in [-0.15, -0.1) is 0 Å². The number of unbranched alkanes of at least 4 members (excludes halogenated alkanes) is 1. The number of para-hydroxylation sites is 1. The lowest BCUT2D eigenvalue weighted by atomic mass is 10.1. The maximum absolute atomic E-state index is 2.23. The molecule has 82 valence electrons. The van der Waals surface area contributed by atoms with Crippen molar-refractivity contribution in [3.8, 4) is 0 Å². The molecule has 0 aliphatic carbocycles. The van der Waals surface area contributed by atoms with Crippen molar-refractivity contribution in [3.05, 3.63) is 42.1 Å². The fraction of sp³-hybridized carbons (Fsp3) is 0.429. The number of nitrogens with zero attached hydrogens (tertiary/aromatic N) is 1. The Balaban J connectivity index is 2.85. The predicted molar refractivity (Wildman–Crippen MR) is 68.3 cm³/mol. The Hall–Kier alpha value is -1.24. The van der Waals surface area contributed by atoms with Crippen LogP contribution >= 0.6 is 0 Å². The molecule has 0 saturated carbocycles. The van der Waals surface area contributed by atoms with Crippen LogP contribution in [0, 0.1) is 0 Å². The Kier molecular flexibility index (Phi) is 4.96. The monoisotopic (exact) mass is 203 g/mol. The van der Waals surface area contributed by atoms with Crippen LogP contribution in [-0.2, 0) is 6.42 Å². The first-order valence-corrected chi connectivity index (χ1v) is 5.73. The van der Waals surface area contributed by atoms with Crippen molar-refractivity contribution in [2.24, 2.45) is 0 Å². The van der Waals surface area contributed by atoms with Crippen LogP contribution in [0.3, 0.4) is 0 Å². The number of benzene rings is 1. The topological polar surface area (TPSA) is 3.24 Å². The molecule has 0 unspecified atom stereocenters. The van der Waals surface area contributed by atoms with Gasteiger partial charge in [-0.05, 0) is 37.6 Å². The maximum atomic E-state index is 2.23. The third kappa shape index (κ3) is 3.43. The van der Waals surface area contributed by atoms with Crippen molar-refractivity contribution in [1.82, 2.24) is 0 Å². The van der Waals surface area contributed by atoms with Crippen LogP contribution in [0.5, 0.6) is 0 Å². The van der Waals surface area contributed by atoms with E-state index < -0.39 is 0 Å². The summed E-state index contributed by atoms with van der Waals surface area (Å²) in [5.41, 5.74) is 2.77. The van der Waals surface area contributed by atoms with Crippen LogP contribution in [0.25, 0.3) is 0 Å². The molecule has 0 aromatic heterocycles. The van der Waals surface area contributed by atoms with Crippen molar-refractivity contribution in [1.29, 1.82) is 0 Å². The molecule has 0 atom stereocenters. The molecule has 0 saturated heterocycles. The average molecular weight is 203 g/mol. The molecule has 0 bridgehead atoms. The summed E-state index contributed by atoms with van der Waals surface area (Å²) in [7, 11) is 2.10. The van der Waals surface area contributed by atoms with Gasteiger partial charge in [-0.1, -0.05) is 37.6 Å². The number of rotatable bonds is 5. The highest BCUT2D eigenvalue weighted by atomic mass is 15.1. The van der Waals surface area contributed by atoms with Crippen molar-refractivity contribution in [2.75, 3.05) is 11.9 Å². The van der Waals surface area contributed by atoms with Gasteiger partial charge in [0.1, 0.15) is 0 Å². The maximum Gasteiger partial charge on any atom is 0.0435 e. The molecule has 1 nitrogen and oxygen atoms in total. The summed E-state index contributed by atoms with van der Waals surface area (Å²) in [4.78, 5) is 2.19. The molecule has 0 fully saturated rings. The zero-order valence-corrected chi connectivity index (χ0v) is 10.0. The van der Waals surface area contributed by atoms with Crippen molar-refractivity contribution in [2.45, 2.75) is 33.1 Å². The standard InChI is InChI=1S/C14H21N/c1-4-6-9-13-10-7-8-11-14(13)15(3)12-5-2/h5,7-8,10-12H,4,6,9H2,1-3H3/b12-5-. The third-order valence-corrected chi connectivity index (χ3v) is 2.54. The van der Waals surface area contributed by atoms with E-state index >= 15 is 0 Å². The first-order valence-electron chi connectivity index (χ1n) is 5.73. The summed E-state index contributed by atoms with van der Waals surface area (Å²) >= 11 is 0. The Morgan fingerprint density at radius 3 is 2.67 bits per heavy atom. The molecule has 0 aliphatic rings. The first-order chi connectivity index (χ1) is 7.29. The highest BCUT2D eigenvalue weighted by Crippen LogP contribution is 2.21. The SMILES string of the molecule is C/C=C\N(C)c1ccccc1CCCC. The number of hydrogen-bond donors (Lipinski definition) is 0. The van der Waals surface area contributed by atoms with Gasteiger partial charge in [-0.3, -0.25) is 0 Å². The summed E-state index contributed by atoms with van der Waals surface area (Å²) in [5, 5.41) is 0. The molecule has 0 aliphatic heterocycles. The molecule has 0 amide bonds. The van der Waals surface area contributed by atoms with Crippen LogP contribution in [0.4, 0.5) is 5.69 Å². The molecule has 1 rings (SSSR count). The smallest absolute Gasteiger partial charge is 0.0435 e. The van der Waals surface area contributed by atoms with Crippen LogP contribution in [0.15, 0.2) is 36.5 Å². The van der Waals surface area contributed by atoms with Gasteiger partial charge in [0.05, 0.1) is 0 Å². The molecule has 0 radical (unpaired) electrons. The van der Waals surface area contributed by atoms with E-state index in [0.717, 1.165) is 0 Å². The molecule has 1 heteroatoms. The lowest BCUT2D eigenvalue weighted by Crippen LogP contribution is -2.10. The normalized spacial score (nSPS) is 10.9. The third-order valence-electron chi connectivity index (χ3n) is 2.54. The zero-order valence-electron chi connectivity index (χ0n) is 10.0. The first kappa shape index (κ1) is 11.8. The van der Waals surface area contributed by atoms with Crippen LogP contribution < -0.4 is 4.90 Å². The predicted octanol–water partition coefficient (Wildman–Crippen LogP) is 4.00. The van der Waals surface area contributed by atoms with Crippen LogP contribution in [-0.4, -0.2) is 7.05 Å². The van der Waals surface area contributed by atoms with Crippen LogP contribution in [0.2, 0.25) is 0 Å². The minimum absolute atomic E-state index is 1.18. The van der Waals surface area contributed by atoms with Crippen molar-refractivity contribution < 1.29 is 0 Å². The Labute approximate surface area is 93.4 Å². The van der Waals surface area contributed by atoms with E-state index in [-0.39, 0.29) is 0 Å². The van der Waals surface area contributed by atoms with Gasteiger partial charge in [0.25, 0.3) is 0 Å². The van der Waals surface area contributed by atoms with Gasteiger partial charge < -0.3 is 4.90 Å². The van der Waals surface area contributed by atoms with E-state index in [9.17, 15) is 0 Å². The molecule has 0 spiro atoms. The van der Waals surface area contributed by atoms with E-state index in [0.29, 0.717) is 0 Å². The molecule has 15 heavy (non-hydrogen) atoms. The minimum atomic E-state index is 1.18. The molecule has 1 aromatic rings. The van der Waals surface area contributed by atoms with Crippen molar-refractivity contribution in [3.63, 3.8) is 0 Å². The van der Waals surface area contributed by atoms with E-state index in [1.807, 2.05) is 6.92 Å². The number of anilines is 1. The van der Waals surface area contributed by atoms with Gasteiger partial charge in [0, 0.05) is 12.7 Å². The molecule has 1 aromatic carbocycles. The van der Waals surface area contributed by atoms with E-state index in [2.05, 4.69) is 55.4 Å². The van der Waals surface area contributed by atoms with E-state index in [1.165, 1.54) is 30.5 Å².